The van der Waals surface area contributed by atoms with Gasteiger partial charge in [-0.15, -0.1) is 0 Å². The van der Waals surface area contributed by atoms with Crippen LogP contribution >= 0.6 is 0 Å². The summed E-state index contributed by atoms with van der Waals surface area (Å²) in [4.78, 5) is 15.2. The number of guanidine groups is 1. The van der Waals surface area contributed by atoms with E-state index in [2.05, 4.69) is 10.3 Å². The van der Waals surface area contributed by atoms with Crippen LogP contribution in [0.2, 0.25) is 0 Å². The molecule has 0 spiro atoms. The van der Waals surface area contributed by atoms with E-state index < -0.39 is 12.0 Å². The summed E-state index contributed by atoms with van der Waals surface area (Å²) in [5, 5.41) is 2.86. The van der Waals surface area contributed by atoms with E-state index in [4.69, 9.17) is 20.9 Å². The lowest BCUT2D eigenvalue weighted by molar-refractivity contribution is -0.144. The molecule has 0 rings (SSSR count). The second-order valence-corrected chi connectivity index (χ2v) is 3.33. The molecular formula is C10H22N4O3. The van der Waals surface area contributed by atoms with Crippen LogP contribution in [-0.4, -0.2) is 51.4 Å². The Hall–Kier alpha value is -1.34. The molecule has 0 aromatic heterocycles. The SMILES string of the molecule is CCOC(=O)C(N)CCN=C(N)NCCOC. The van der Waals surface area contributed by atoms with E-state index in [1.165, 1.54) is 0 Å². The summed E-state index contributed by atoms with van der Waals surface area (Å²) in [5.74, 6) is -0.0910. The van der Waals surface area contributed by atoms with Crippen LogP contribution in [-0.2, 0) is 14.3 Å². The van der Waals surface area contributed by atoms with Gasteiger partial charge in [-0.3, -0.25) is 9.79 Å². The summed E-state index contributed by atoms with van der Waals surface area (Å²) in [6, 6.07) is -0.648. The topological polar surface area (TPSA) is 112 Å². The molecular weight excluding hydrogens is 224 g/mol. The normalized spacial score (nSPS) is 13.2. The molecule has 0 fully saturated rings. The van der Waals surface area contributed by atoms with Gasteiger partial charge in [-0.1, -0.05) is 0 Å². The van der Waals surface area contributed by atoms with Gasteiger partial charge in [0.05, 0.1) is 13.2 Å². The highest BCUT2D eigenvalue weighted by Gasteiger charge is 2.13. The van der Waals surface area contributed by atoms with E-state index in [1.807, 2.05) is 0 Å². The second kappa shape index (κ2) is 9.86. The molecule has 0 aliphatic heterocycles. The molecule has 0 aliphatic rings. The number of nitrogens with zero attached hydrogens (tertiary/aromatic N) is 1. The average Bonchev–Trinajstić information content (AvgIpc) is 2.29. The highest BCUT2D eigenvalue weighted by molar-refractivity contribution is 5.78. The Bertz CT molecular complexity index is 246. The van der Waals surface area contributed by atoms with Gasteiger partial charge in [0.15, 0.2) is 5.96 Å². The summed E-state index contributed by atoms with van der Waals surface area (Å²) >= 11 is 0. The first-order valence-corrected chi connectivity index (χ1v) is 5.56. The fraction of sp³-hybridized carbons (Fsp3) is 0.800. The molecule has 0 saturated heterocycles. The third-order valence-corrected chi connectivity index (χ3v) is 1.92. The largest absolute Gasteiger partial charge is 0.465 e. The van der Waals surface area contributed by atoms with Gasteiger partial charge in [-0.05, 0) is 13.3 Å². The maximum atomic E-state index is 11.2. The zero-order chi connectivity index (χ0) is 13.1. The molecule has 1 atom stereocenters. The summed E-state index contributed by atoms with van der Waals surface area (Å²) in [6.45, 7) is 3.59. The predicted octanol–water partition coefficient (Wildman–Crippen LogP) is -1.18. The number of rotatable bonds is 8. The minimum atomic E-state index is -0.648. The van der Waals surface area contributed by atoms with E-state index in [9.17, 15) is 4.79 Å². The molecule has 0 aliphatic carbocycles. The number of aliphatic imine (C=N–C) groups is 1. The Morgan fingerprint density at radius 1 is 1.53 bits per heavy atom. The number of hydrogen-bond donors (Lipinski definition) is 3. The highest BCUT2D eigenvalue weighted by Crippen LogP contribution is 1.92. The summed E-state index contributed by atoms with van der Waals surface area (Å²) in [7, 11) is 1.60. The average molecular weight is 246 g/mol. The van der Waals surface area contributed by atoms with Crippen LogP contribution in [0.5, 0.6) is 0 Å². The maximum absolute atomic E-state index is 11.2. The lowest BCUT2D eigenvalue weighted by atomic mass is 10.2. The molecule has 0 saturated carbocycles. The van der Waals surface area contributed by atoms with Gasteiger partial charge < -0.3 is 26.3 Å². The molecule has 0 radical (unpaired) electrons. The maximum Gasteiger partial charge on any atom is 0.322 e. The second-order valence-electron chi connectivity index (χ2n) is 3.33. The Labute approximate surface area is 102 Å². The molecule has 100 valence electrons. The van der Waals surface area contributed by atoms with Crippen LogP contribution in [0.3, 0.4) is 0 Å². The Morgan fingerprint density at radius 2 is 2.24 bits per heavy atom. The van der Waals surface area contributed by atoms with Crippen molar-refractivity contribution in [3.05, 3.63) is 0 Å². The number of ether oxygens (including phenoxy) is 2. The van der Waals surface area contributed by atoms with Crippen LogP contribution in [0.1, 0.15) is 13.3 Å². The van der Waals surface area contributed by atoms with Gasteiger partial charge in [0.2, 0.25) is 0 Å². The Kier molecular flexibility index (Phi) is 9.08. The van der Waals surface area contributed by atoms with Crippen molar-refractivity contribution < 1.29 is 14.3 Å². The summed E-state index contributed by atoms with van der Waals surface area (Å²) in [6.07, 6.45) is 0.408. The number of carbonyl (C=O) groups excluding carboxylic acids is 1. The van der Waals surface area contributed by atoms with E-state index in [0.29, 0.717) is 38.7 Å². The van der Waals surface area contributed by atoms with Gasteiger partial charge >= 0.3 is 5.97 Å². The quantitative estimate of drug-likeness (QED) is 0.215. The molecule has 0 aromatic carbocycles. The first kappa shape index (κ1) is 15.7. The molecule has 7 heteroatoms. The van der Waals surface area contributed by atoms with Gasteiger partial charge in [0, 0.05) is 20.2 Å². The molecule has 0 amide bonds. The Morgan fingerprint density at radius 3 is 2.82 bits per heavy atom. The fourth-order valence-electron chi connectivity index (χ4n) is 1.03. The third kappa shape index (κ3) is 8.47. The molecule has 0 bridgehead atoms. The van der Waals surface area contributed by atoms with Crippen molar-refractivity contribution in [1.82, 2.24) is 5.32 Å². The van der Waals surface area contributed by atoms with Gasteiger partial charge in [-0.2, -0.15) is 0 Å². The summed E-state index contributed by atoms with van der Waals surface area (Å²) < 4.78 is 9.60. The number of nitrogens with two attached hydrogens (primary N) is 2. The first-order valence-electron chi connectivity index (χ1n) is 5.56. The van der Waals surface area contributed by atoms with Crippen molar-refractivity contribution in [3.63, 3.8) is 0 Å². The zero-order valence-corrected chi connectivity index (χ0v) is 10.4. The minimum Gasteiger partial charge on any atom is -0.465 e. The van der Waals surface area contributed by atoms with Crippen molar-refractivity contribution in [3.8, 4) is 0 Å². The highest BCUT2D eigenvalue weighted by atomic mass is 16.5. The summed E-state index contributed by atoms with van der Waals surface area (Å²) in [5.41, 5.74) is 11.1. The van der Waals surface area contributed by atoms with Crippen molar-refractivity contribution in [2.75, 3.05) is 33.4 Å². The van der Waals surface area contributed by atoms with Crippen LogP contribution in [0.15, 0.2) is 4.99 Å². The molecule has 0 aromatic rings. The third-order valence-electron chi connectivity index (χ3n) is 1.92. The fourth-order valence-corrected chi connectivity index (χ4v) is 1.03. The lowest BCUT2D eigenvalue weighted by Crippen LogP contribution is -2.36. The molecule has 17 heavy (non-hydrogen) atoms. The van der Waals surface area contributed by atoms with Crippen molar-refractivity contribution >= 4 is 11.9 Å². The number of methoxy groups -OCH3 is 1. The monoisotopic (exact) mass is 246 g/mol. The van der Waals surface area contributed by atoms with Crippen LogP contribution in [0.4, 0.5) is 0 Å². The molecule has 1 unspecified atom stereocenters. The van der Waals surface area contributed by atoms with Gasteiger partial charge in [-0.25, -0.2) is 0 Å². The van der Waals surface area contributed by atoms with E-state index in [1.54, 1.807) is 14.0 Å². The van der Waals surface area contributed by atoms with Crippen molar-refractivity contribution in [2.45, 2.75) is 19.4 Å². The first-order chi connectivity index (χ1) is 8.11. The van der Waals surface area contributed by atoms with Gasteiger partial charge in [0.1, 0.15) is 6.04 Å². The lowest BCUT2D eigenvalue weighted by Gasteiger charge is -2.09. The zero-order valence-electron chi connectivity index (χ0n) is 10.4. The molecule has 5 N–H and O–H groups in total. The van der Waals surface area contributed by atoms with Crippen LogP contribution < -0.4 is 16.8 Å². The van der Waals surface area contributed by atoms with Crippen LogP contribution in [0, 0.1) is 0 Å². The van der Waals surface area contributed by atoms with Gasteiger partial charge in [0.25, 0.3) is 0 Å². The Balaban J connectivity index is 3.72. The number of hydrogen-bond acceptors (Lipinski definition) is 5. The predicted molar refractivity (Wildman–Crippen MR) is 65.6 cm³/mol. The van der Waals surface area contributed by atoms with Crippen LogP contribution in [0.25, 0.3) is 0 Å². The van der Waals surface area contributed by atoms with Crippen molar-refractivity contribution in [1.29, 1.82) is 0 Å². The van der Waals surface area contributed by atoms with E-state index in [0.717, 1.165) is 0 Å². The number of nitrogens with one attached hydrogen (secondary N) is 1. The molecule has 7 nitrogen and oxygen atoms in total. The molecule has 0 heterocycles. The number of esters is 1. The van der Waals surface area contributed by atoms with Crippen molar-refractivity contribution in [2.24, 2.45) is 16.5 Å². The van der Waals surface area contributed by atoms with E-state index in [-0.39, 0.29) is 0 Å². The standard InChI is InChI=1S/C10H22N4O3/c1-3-17-9(15)8(11)4-5-13-10(12)14-6-7-16-2/h8H,3-7,11H2,1-2H3,(H3,12,13,14). The number of carbonyl (C=O) groups is 1. The smallest absolute Gasteiger partial charge is 0.322 e. The van der Waals surface area contributed by atoms with E-state index >= 15 is 0 Å². The minimum absolute atomic E-state index is 0.318.